The fraction of sp³-hybridized carbons (Fsp3) is 1.00. The highest BCUT2D eigenvalue weighted by atomic mass is 32.2. The van der Waals surface area contributed by atoms with Crippen molar-refractivity contribution in [3.8, 4) is 0 Å². The van der Waals surface area contributed by atoms with E-state index in [9.17, 15) is 22.3 Å². The first-order valence-corrected chi connectivity index (χ1v) is 7.61. The molecule has 0 bridgehead atoms. The first-order valence-electron chi connectivity index (χ1n) is 6.20. The normalized spacial score (nSPS) is 14.6. The summed E-state index contributed by atoms with van der Waals surface area (Å²) in [6, 6.07) is 0. The fourth-order valence-corrected chi connectivity index (χ4v) is 1.87. The standard InChI is InChI=1S/C11H22F2O5S/c1-3-4-5-6-7-10(14)8-18-9-11(12,13)19(15,16)17-2/h10,14H,3-9H2,1-2H3. The number of aliphatic hydroxyl groups excluding tert-OH is 1. The lowest BCUT2D eigenvalue weighted by molar-refractivity contribution is -0.0479. The van der Waals surface area contributed by atoms with Gasteiger partial charge >= 0.3 is 15.4 Å². The Bertz CT molecular complexity index is 332. The molecule has 0 aromatic heterocycles. The van der Waals surface area contributed by atoms with Gasteiger partial charge in [-0.3, -0.25) is 4.18 Å². The molecule has 0 radical (unpaired) electrons. The van der Waals surface area contributed by atoms with Crippen molar-refractivity contribution >= 4 is 10.1 Å². The molecule has 0 heterocycles. The lowest BCUT2D eigenvalue weighted by Gasteiger charge is -2.17. The van der Waals surface area contributed by atoms with Crippen LogP contribution in [0.2, 0.25) is 0 Å². The van der Waals surface area contributed by atoms with E-state index >= 15 is 0 Å². The third-order valence-corrected chi connectivity index (χ3v) is 3.84. The molecule has 0 aliphatic rings. The summed E-state index contributed by atoms with van der Waals surface area (Å²) < 4.78 is 56.1. The maximum atomic E-state index is 13.1. The molecule has 0 amide bonds. The summed E-state index contributed by atoms with van der Waals surface area (Å²) in [5.41, 5.74) is 0. The Balaban J connectivity index is 3.90. The van der Waals surface area contributed by atoms with E-state index in [0.29, 0.717) is 13.5 Å². The Hall–Kier alpha value is -0.310. The van der Waals surface area contributed by atoms with E-state index in [-0.39, 0.29) is 6.61 Å². The van der Waals surface area contributed by atoms with Crippen LogP contribution < -0.4 is 0 Å². The average molecular weight is 304 g/mol. The molecule has 0 saturated heterocycles. The minimum Gasteiger partial charge on any atom is -0.391 e. The lowest BCUT2D eigenvalue weighted by Crippen LogP contribution is -2.36. The Morgan fingerprint density at radius 2 is 1.89 bits per heavy atom. The largest absolute Gasteiger partial charge is 0.392 e. The molecule has 0 aromatic carbocycles. The van der Waals surface area contributed by atoms with Crippen LogP contribution >= 0.6 is 0 Å². The van der Waals surface area contributed by atoms with Gasteiger partial charge in [-0.25, -0.2) is 0 Å². The molecule has 0 rings (SSSR count). The predicted molar refractivity (Wildman–Crippen MR) is 66.5 cm³/mol. The zero-order valence-electron chi connectivity index (χ0n) is 11.3. The Morgan fingerprint density at radius 1 is 1.26 bits per heavy atom. The smallest absolute Gasteiger partial charge is 0.391 e. The molecule has 0 aliphatic heterocycles. The summed E-state index contributed by atoms with van der Waals surface area (Å²) in [5, 5.41) is 5.35. The van der Waals surface area contributed by atoms with Crippen molar-refractivity contribution < 1.29 is 31.2 Å². The van der Waals surface area contributed by atoms with E-state index in [1.807, 2.05) is 0 Å². The van der Waals surface area contributed by atoms with E-state index in [1.54, 1.807) is 0 Å². The number of rotatable bonds is 11. The number of unbranched alkanes of at least 4 members (excludes halogenated alkanes) is 3. The van der Waals surface area contributed by atoms with E-state index in [1.165, 1.54) is 0 Å². The second kappa shape index (κ2) is 8.78. The summed E-state index contributed by atoms with van der Waals surface area (Å²) in [5.74, 6) is 0. The fourth-order valence-electron chi connectivity index (χ4n) is 1.40. The highest BCUT2D eigenvalue weighted by molar-refractivity contribution is 7.87. The van der Waals surface area contributed by atoms with Crippen molar-refractivity contribution in [2.75, 3.05) is 20.3 Å². The topological polar surface area (TPSA) is 72.8 Å². The molecule has 0 aromatic rings. The van der Waals surface area contributed by atoms with Crippen molar-refractivity contribution in [1.82, 2.24) is 0 Å². The minimum absolute atomic E-state index is 0.319. The first-order chi connectivity index (χ1) is 8.77. The van der Waals surface area contributed by atoms with Crippen LogP contribution in [0.1, 0.15) is 39.0 Å². The molecular weight excluding hydrogens is 282 g/mol. The molecule has 1 unspecified atom stereocenters. The van der Waals surface area contributed by atoms with Gasteiger partial charge in [0.1, 0.15) is 6.61 Å². The van der Waals surface area contributed by atoms with Crippen LogP contribution in [0.15, 0.2) is 0 Å². The molecule has 19 heavy (non-hydrogen) atoms. The quantitative estimate of drug-likeness (QED) is 0.466. The van der Waals surface area contributed by atoms with Crippen LogP contribution in [0, 0.1) is 0 Å². The van der Waals surface area contributed by atoms with Gasteiger partial charge in [0.25, 0.3) is 0 Å². The summed E-state index contributed by atoms with van der Waals surface area (Å²) in [4.78, 5) is 0. The van der Waals surface area contributed by atoms with Crippen LogP contribution in [0.3, 0.4) is 0 Å². The van der Waals surface area contributed by atoms with Gasteiger partial charge < -0.3 is 9.84 Å². The van der Waals surface area contributed by atoms with Crippen LogP contribution in [-0.2, 0) is 19.0 Å². The van der Waals surface area contributed by atoms with E-state index in [0.717, 1.165) is 25.7 Å². The van der Waals surface area contributed by atoms with Crippen molar-refractivity contribution in [1.29, 1.82) is 0 Å². The SMILES string of the molecule is CCCCCCC(O)COCC(F)(F)S(=O)(=O)OC. The van der Waals surface area contributed by atoms with Crippen LogP contribution in [-0.4, -0.2) is 45.2 Å². The molecule has 0 fully saturated rings. The highest BCUT2D eigenvalue weighted by Gasteiger charge is 2.46. The zero-order valence-corrected chi connectivity index (χ0v) is 12.1. The molecule has 116 valence electrons. The molecule has 5 nitrogen and oxygen atoms in total. The molecule has 1 atom stereocenters. The highest BCUT2D eigenvalue weighted by Crippen LogP contribution is 2.23. The molecule has 8 heteroatoms. The van der Waals surface area contributed by atoms with Crippen molar-refractivity contribution in [3.63, 3.8) is 0 Å². The minimum atomic E-state index is -4.96. The summed E-state index contributed by atoms with van der Waals surface area (Å²) in [7, 11) is -4.30. The van der Waals surface area contributed by atoms with Gasteiger partial charge in [0.15, 0.2) is 0 Å². The van der Waals surface area contributed by atoms with Crippen molar-refractivity contribution in [3.05, 3.63) is 0 Å². The third kappa shape index (κ3) is 7.14. The summed E-state index contributed by atoms with van der Waals surface area (Å²) >= 11 is 0. The second-order valence-corrected chi connectivity index (χ2v) is 6.12. The molecular formula is C11H22F2O5S. The predicted octanol–water partition coefficient (Wildman–Crippen LogP) is 1.90. The van der Waals surface area contributed by atoms with Crippen LogP contribution in [0.5, 0.6) is 0 Å². The van der Waals surface area contributed by atoms with Gasteiger partial charge in [0.2, 0.25) is 0 Å². The number of halogens is 2. The number of hydrogen-bond donors (Lipinski definition) is 1. The van der Waals surface area contributed by atoms with E-state index < -0.39 is 28.1 Å². The molecule has 0 saturated carbocycles. The van der Waals surface area contributed by atoms with Crippen molar-refractivity contribution in [2.24, 2.45) is 0 Å². The van der Waals surface area contributed by atoms with E-state index in [2.05, 4.69) is 15.8 Å². The van der Waals surface area contributed by atoms with Gasteiger partial charge in [-0.2, -0.15) is 17.2 Å². The Labute approximate surface area is 113 Å². The molecule has 0 aliphatic carbocycles. The van der Waals surface area contributed by atoms with Crippen molar-refractivity contribution in [2.45, 2.75) is 50.4 Å². The Kier molecular flexibility index (Phi) is 8.64. The zero-order chi connectivity index (χ0) is 14.9. The summed E-state index contributed by atoms with van der Waals surface area (Å²) in [6.45, 7) is 0.411. The summed E-state index contributed by atoms with van der Waals surface area (Å²) in [6.07, 6.45) is 3.44. The lowest BCUT2D eigenvalue weighted by atomic mass is 10.1. The molecule has 1 N–H and O–H groups in total. The maximum Gasteiger partial charge on any atom is 0.392 e. The van der Waals surface area contributed by atoms with Gasteiger partial charge in [0, 0.05) is 0 Å². The van der Waals surface area contributed by atoms with Gasteiger partial charge in [-0.05, 0) is 6.42 Å². The van der Waals surface area contributed by atoms with Gasteiger partial charge in [0.05, 0.1) is 19.8 Å². The monoisotopic (exact) mass is 304 g/mol. The average Bonchev–Trinajstić information content (AvgIpc) is 2.34. The first kappa shape index (κ1) is 18.7. The number of aliphatic hydroxyl groups is 1. The van der Waals surface area contributed by atoms with E-state index in [4.69, 9.17) is 0 Å². The number of hydrogen-bond acceptors (Lipinski definition) is 5. The second-order valence-electron chi connectivity index (χ2n) is 4.28. The van der Waals surface area contributed by atoms with Gasteiger partial charge in [-0.1, -0.05) is 32.6 Å². The third-order valence-electron chi connectivity index (χ3n) is 2.56. The maximum absolute atomic E-state index is 13.1. The number of alkyl halides is 2. The molecule has 0 spiro atoms. The number of ether oxygens (including phenoxy) is 1. The van der Waals surface area contributed by atoms with Crippen LogP contribution in [0.25, 0.3) is 0 Å². The van der Waals surface area contributed by atoms with Crippen LogP contribution in [0.4, 0.5) is 8.78 Å². The van der Waals surface area contributed by atoms with Gasteiger partial charge in [-0.15, -0.1) is 0 Å². The Morgan fingerprint density at radius 3 is 2.42 bits per heavy atom.